The lowest BCUT2D eigenvalue weighted by atomic mass is 9.91. The highest BCUT2D eigenvalue weighted by molar-refractivity contribution is 7.00. The fourth-order valence-electron chi connectivity index (χ4n) is 2.13. The molecule has 0 atom stereocenters. The Morgan fingerprint density at radius 3 is 1.86 bits per heavy atom. The van der Waals surface area contributed by atoms with Gasteiger partial charge in [0.1, 0.15) is 0 Å². The molecular weight excluding hydrogens is 184 g/mol. The van der Waals surface area contributed by atoms with Crippen molar-refractivity contribution in [2.24, 2.45) is 5.92 Å². The summed E-state index contributed by atoms with van der Waals surface area (Å²) in [4.78, 5) is 0. The standard InChI is InChI=1S/C13H16Si/c1-4-14(5-2,6-3)12-13-10-8-7-9-11-13/h1-3,13H,7-12H2. The quantitative estimate of drug-likeness (QED) is 0.475. The molecule has 72 valence electrons. The summed E-state index contributed by atoms with van der Waals surface area (Å²) in [6.45, 7) is 0. The molecule has 1 saturated carbocycles. The minimum atomic E-state index is -2.22. The zero-order chi connectivity index (χ0) is 10.4. The maximum Gasteiger partial charge on any atom is 0.290 e. The maximum atomic E-state index is 5.47. The van der Waals surface area contributed by atoms with Gasteiger partial charge in [0.15, 0.2) is 0 Å². The Balaban J connectivity index is 2.62. The number of terminal acetylenes is 3. The van der Waals surface area contributed by atoms with Gasteiger partial charge in [0.2, 0.25) is 0 Å². The van der Waals surface area contributed by atoms with E-state index in [1.54, 1.807) is 0 Å². The van der Waals surface area contributed by atoms with Crippen molar-refractivity contribution in [1.82, 2.24) is 0 Å². The van der Waals surface area contributed by atoms with Crippen LogP contribution in [0.4, 0.5) is 0 Å². The molecule has 1 fully saturated rings. The average Bonchev–Trinajstić information content (AvgIpc) is 2.28. The van der Waals surface area contributed by atoms with E-state index in [1.807, 2.05) is 0 Å². The highest BCUT2D eigenvalue weighted by atomic mass is 28.3. The predicted molar refractivity (Wildman–Crippen MR) is 63.6 cm³/mol. The van der Waals surface area contributed by atoms with Crippen molar-refractivity contribution < 1.29 is 0 Å². The van der Waals surface area contributed by atoms with E-state index in [-0.39, 0.29) is 0 Å². The van der Waals surface area contributed by atoms with Crippen LogP contribution < -0.4 is 0 Å². The lowest BCUT2D eigenvalue weighted by molar-refractivity contribution is 0.383. The summed E-state index contributed by atoms with van der Waals surface area (Å²) in [5, 5.41) is 0. The summed E-state index contributed by atoms with van der Waals surface area (Å²) in [6, 6.07) is 0.941. The first-order chi connectivity index (χ1) is 6.76. The zero-order valence-electron chi connectivity index (χ0n) is 8.55. The van der Waals surface area contributed by atoms with Gasteiger partial charge in [0, 0.05) is 0 Å². The molecule has 0 spiro atoms. The average molecular weight is 200 g/mol. The second-order valence-corrected chi connectivity index (χ2v) is 7.13. The summed E-state index contributed by atoms with van der Waals surface area (Å²) in [6.07, 6.45) is 22.9. The molecule has 0 nitrogen and oxygen atoms in total. The van der Waals surface area contributed by atoms with Crippen LogP contribution in [0.1, 0.15) is 32.1 Å². The molecule has 0 aliphatic heterocycles. The molecule has 0 N–H and O–H groups in total. The van der Waals surface area contributed by atoms with Crippen LogP contribution in [0.25, 0.3) is 0 Å². The van der Waals surface area contributed by atoms with Gasteiger partial charge in [-0.25, -0.2) is 0 Å². The molecule has 1 aliphatic carbocycles. The molecular formula is C13H16Si. The van der Waals surface area contributed by atoms with Crippen molar-refractivity contribution in [3.8, 4) is 35.9 Å². The molecule has 0 radical (unpaired) electrons. The molecule has 1 aliphatic rings. The van der Waals surface area contributed by atoms with E-state index in [4.69, 9.17) is 19.3 Å². The summed E-state index contributed by atoms with van der Waals surface area (Å²) in [5.74, 6) is 0.693. The molecule has 0 amide bonds. The first-order valence-electron chi connectivity index (χ1n) is 5.19. The minimum absolute atomic E-state index is 0.693. The molecule has 0 unspecified atom stereocenters. The van der Waals surface area contributed by atoms with Gasteiger partial charge in [-0.3, -0.25) is 0 Å². The molecule has 0 aromatic carbocycles. The fraction of sp³-hybridized carbons (Fsp3) is 0.538. The van der Waals surface area contributed by atoms with E-state index >= 15 is 0 Å². The number of rotatable bonds is 2. The van der Waals surface area contributed by atoms with Gasteiger partial charge in [-0.2, -0.15) is 0 Å². The summed E-state index contributed by atoms with van der Waals surface area (Å²) >= 11 is 0. The highest BCUT2D eigenvalue weighted by Crippen LogP contribution is 2.30. The van der Waals surface area contributed by atoms with E-state index in [0.29, 0.717) is 5.92 Å². The third-order valence-corrected chi connectivity index (χ3v) is 5.73. The Morgan fingerprint density at radius 1 is 0.929 bits per heavy atom. The van der Waals surface area contributed by atoms with E-state index in [0.717, 1.165) is 6.04 Å². The van der Waals surface area contributed by atoms with E-state index in [9.17, 15) is 0 Å². The third-order valence-electron chi connectivity index (χ3n) is 3.06. The monoisotopic (exact) mass is 200 g/mol. The predicted octanol–water partition coefficient (Wildman–Crippen LogP) is 2.53. The molecule has 14 heavy (non-hydrogen) atoms. The van der Waals surface area contributed by atoms with Crippen molar-refractivity contribution in [2.45, 2.75) is 38.1 Å². The van der Waals surface area contributed by atoms with Gasteiger partial charge in [-0.05, 0) is 12.0 Å². The smallest absolute Gasteiger partial charge is 0.125 e. The van der Waals surface area contributed by atoms with Crippen molar-refractivity contribution in [1.29, 1.82) is 0 Å². The lowest BCUT2D eigenvalue weighted by Crippen LogP contribution is -2.33. The van der Waals surface area contributed by atoms with Gasteiger partial charge in [-0.1, -0.05) is 32.1 Å². The second-order valence-electron chi connectivity index (χ2n) is 4.05. The molecule has 0 aromatic heterocycles. The number of hydrogen-bond donors (Lipinski definition) is 0. The topological polar surface area (TPSA) is 0 Å². The van der Waals surface area contributed by atoms with Gasteiger partial charge < -0.3 is 0 Å². The van der Waals surface area contributed by atoms with Crippen LogP contribution in [0.3, 0.4) is 0 Å². The molecule has 1 rings (SSSR count). The van der Waals surface area contributed by atoms with Crippen molar-refractivity contribution in [3.05, 3.63) is 0 Å². The van der Waals surface area contributed by atoms with Crippen molar-refractivity contribution >= 4 is 8.07 Å². The molecule has 0 bridgehead atoms. The largest absolute Gasteiger partial charge is 0.290 e. The summed E-state index contributed by atoms with van der Waals surface area (Å²) < 4.78 is 0. The van der Waals surface area contributed by atoms with Crippen LogP contribution in [0.15, 0.2) is 0 Å². The SMILES string of the molecule is C#C[Si](C#C)(C#C)CC1CCCCC1. The van der Waals surface area contributed by atoms with Crippen LogP contribution in [0.5, 0.6) is 0 Å². The van der Waals surface area contributed by atoms with Gasteiger partial charge >= 0.3 is 0 Å². The van der Waals surface area contributed by atoms with Crippen molar-refractivity contribution in [3.63, 3.8) is 0 Å². The molecule has 0 heterocycles. The van der Waals surface area contributed by atoms with Crippen LogP contribution >= 0.6 is 0 Å². The minimum Gasteiger partial charge on any atom is -0.125 e. The lowest BCUT2D eigenvalue weighted by Gasteiger charge is -2.25. The van der Waals surface area contributed by atoms with Crippen molar-refractivity contribution in [2.75, 3.05) is 0 Å². The Kier molecular flexibility index (Phi) is 3.88. The summed E-state index contributed by atoms with van der Waals surface area (Å²) in [5.41, 5.74) is 8.19. The Morgan fingerprint density at radius 2 is 1.43 bits per heavy atom. The summed E-state index contributed by atoms with van der Waals surface area (Å²) in [7, 11) is -2.22. The van der Waals surface area contributed by atoms with E-state index in [2.05, 4.69) is 16.6 Å². The van der Waals surface area contributed by atoms with Crippen LogP contribution in [-0.4, -0.2) is 8.07 Å². The Bertz CT molecular complexity index is 266. The van der Waals surface area contributed by atoms with Gasteiger partial charge in [0.05, 0.1) is 0 Å². The zero-order valence-corrected chi connectivity index (χ0v) is 9.55. The van der Waals surface area contributed by atoms with Crippen LogP contribution in [-0.2, 0) is 0 Å². The van der Waals surface area contributed by atoms with Crippen LogP contribution in [0.2, 0.25) is 6.04 Å². The first kappa shape index (κ1) is 11.0. The van der Waals surface area contributed by atoms with Gasteiger partial charge in [-0.15, -0.1) is 35.9 Å². The highest BCUT2D eigenvalue weighted by Gasteiger charge is 2.31. The molecule has 0 aromatic rings. The first-order valence-corrected chi connectivity index (χ1v) is 7.40. The van der Waals surface area contributed by atoms with Crippen LogP contribution in [0, 0.1) is 41.8 Å². The van der Waals surface area contributed by atoms with E-state index < -0.39 is 8.07 Å². The Labute approximate surface area is 88.5 Å². The molecule has 1 heteroatoms. The Hall–Kier alpha value is -1.10. The third kappa shape index (κ3) is 2.44. The normalized spacial score (nSPS) is 17.8. The number of hydrogen-bond acceptors (Lipinski definition) is 0. The fourth-order valence-corrected chi connectivity index (χ4v) is 4.00. The van der Waals surface area contributed by atoms with E-state index in [1.165, 1.54) is 32.1 Å². The molecule has 0 saturated heterocycles. The maximum absolute atomic E-state index is 5.47. The second kappa shape index (κ2) is 4.95. The van der Waals surface area contributed by atoms with Gasteiger partial charge in [0.25, 0.3) is 8.07 Å².